The zero-order valence-corrected chi connectivity index (χ0v) is 12.9. The van der Waals surface area contributed by atoms with Crippen molar-refractivity contribution in [2.45, 2.75) is 31.0 Å². The molecule has 2 aromatic rings. The van der Waals surface area contributed by atoms with Gasteiger partial charge in [-0.1, -0.05) is 43.0 Å². The molecule has 23 heavy (non-hydrogen) atoms. The summed E-state index contributed by atoms with van der Waals surface area (Å²) in [5, 5.41) is 2.95. The third-order valence-corrected chi connectivity index (χ3v) is 4.84. The highest BCUT2D eigenvalue weighted by molar-refractivity contribution is 5.86. The number of benzene rings is 1. The van der Waals surface area contributed by atoms with Crippen LogP contribution in [-0.4, -0.2) is 27.9 Å². The van der Waals surface area contributed by atoms with Gasteiger partial charge in [-0.2, -0.15) is 0 Å². The molecule has 0 radical (unpaired) electrons. The van der Waals surface area contributed by atoms with Crippen LogP contribution in [0.15, 0.2) is 67.0 Å². The maximum Gasteiger partial charge on any atom is 0.241 e. The fourth-order valence-electron chi connectivity index (χ4n) is 3.83. The number of rotatable bonds is 3. The van der Waals surface area contributed by atoms with E-state index in [1.165, 1.54) is 5.56 Å². The van der Waals surface area contributed by atoms with Crippen molar-refractivity contribution in [3.8, 4) is 0 Å². The average molecular weight is 305 g/mol. The van der Waals surface area contributed by atoms with Crippen molar-refractivity contribution >= 4 is 5.91 Å². The summed E-state index contributed by atoms with van der Waals surface area (Å²) in [5.74, 6) is 0.261. The zero-order valence-electron chi connectivity index (χ0n) is 12.9. The van der Waals surface area contributed by atoms with Crippen LogP contribution in [0.5, 0.6) is 0 Å². The zero-order chi connectivity index (χ0) is 15.8. The molecule has 4 nitrogen and oxygen atoms in total. The van der Waals surface area contributed by atoms with E-state index < -0.39 is 0 Å². The third kappa shape index (κ3) is 2.45. The topological polar surface area (TPSA) is 45.2 Å². The minimum atomic E-state index is -0.113. The van der Waals surface area contributed by atoms with Gasteiger partial charge in [0.2, 0.25) is 5.91 Å². The van der Waals surface area contributed by atoms with E-state index in [1.807, 2.05) is 42.6 Å². The van der Waals surface area contributed by atoms with Gasteiger partial charge in [0, 0.05) is 30.1 Å². The lowest BCUT2D eigenvalue weighted by Gasteiger charge is -2.36. The maximum absolute atomic E-state index is 12.4. The molecule has 0 spiro atoms. The molecule has 2 fully saturated rings. The summed E-state index contributed by atoms with van der Waals surface area (Å²) in [6.07, 6.45) is 2.61. The molecule has 2 saturated heterocycles. The van der Waals surface area contributed by atoms with E-state index in [9.17, 15) is 4.79 Å². The number of hydrogen-bond acceptors (Lipinski definition) is 3. The standard InChI is InChI=1S/C19H19N3O/c1-13-18-15(16-9-5-6-10-20-16)11-17(19(23)21-13)22(18)12-14-7-3-2-4-8-14/h2-10,15,17-18H,1,11-12H2,(H,21,23)/t15-,17+,18+/m1/s1. The number of pyridine rings is 1. The number of nitrogens with zero attached hydrogens (tertiary/aromatic N) is 2. The van der Waals surface area contributed by atoms with E-state index in [-0.39, 0.29) is 23.9 Å². The van der Waals surface area contributed by atoms with Gasteiger partial charge >= 0.3 is 0 Å². The van der Waals surface area contributed by atoms with E-state index in [1.54, 1.807) is 0 Å². The summed E-state index contributed by atoms with van der Waals surface area (Å²) < 4.78 is 0. The second kappa shape index (κ2) is 5.63. The van der Waals surface area contributed by atoms with Gasteiger partial charge in [-0.15, -0.1) is 0 Å². The molecule has 2 aliphatic rings. The first-order valence-electron chi connectivity index (χ1n) is 7.94. The first kappa shape index (κ1) is 14.2. The number of carbonyl (C=O) groups is 1. The molecular weight excluding hydrogens is 286 g/mol. The van der Waals surface area contributed by atoms with Crippen molar-refractivity contribution in [3.05, 3.63) is 78.3 Å². The van der Waals surface area contributed by atoms with E-state index in [0.717, 1.165) is 24.4 Å². The highest BCUT2D eigenvalue weighted by atomic mass is 16.2. The monoisotopic (exact) mass is 305 g/mol. The Labute approximate surface area is 135 Å². The lowest BCUT2D eigenvalue weighted by atomic mass is 9.94. The quantitative estimate of drug-likeness (QED) is 0.947. The summed E-state index contributed by atoms with van der Waals surface area (Å²) in [7, 11) is 0. The van der Waals surface area contributed by atoms with Gasteiger partial charge in [-0.25, -0.2) is 0 Å². The molecule has 0 saturated carbocycles. The molecule has 1 aromatic heterocycles. The summed E-state index contributed by atoms with van der Waals surface area (Å²) >= 11 is 0. The molecule has 2 bridgehead atoms. The molecule has 3 atom stereocenters. The minimum absolute atomic E-state index is 0.0561. The maximum atomic E-state index is 12.4. The lowest BCUT2D eigenvalue weighted by Crippen LogP contribution is -2.53. The highest BCUT2D eigenvalue weighted by Crippen LogP contribution is 2.42. The Balaban J connectivity index is 1.69. The van der Waals surface area contributed by atoms with E-state index in [0.29, 0.717) is 0 Å². The fourth-order valence-corrected chi connectivity index (χ4v) is 3.83. The van der Waals surface area contributed by atoms with Crippen molar-refractivity contribution in [2.24, 2.45) is 0 Å². The van der Waals surface area contributed by atoms with Crippen LogP contribution in [0.25, 0.3) is 0 Å². The number of piperazine rings is 1. The van der Waals surface area contributed by atoms with Crippen LogP contribution in [0.1, 0.15) is 23.6 Å². The summed E-state index contributed by atoms with van der Waals surface area (Å²) in [6.45, 7) is 4.87. The largest absolute Gasteiger partial charge is 0.327 e. The smallest absolute Gasteiger partial charge is 0.241 e. The molecule has 0 unspecified atom stereocenters. The number of hydrogen-bond donors (Lipinski definition) is 1. The predicted molar refractivity (Wildman–Crippen MR) is 88.4 cm³/mol. The molecule has 1 aromatic carbocycles. The van der Waals surface area contributed by atoms with Gasteiger partial charge in [0.1, 0.15) is 0 Å². The highest BCUT2D eigenvalue weighted by Gasteiger charge is 2.50. The molecule has 2 aliphatic heterocycles. The number of carbonyl (C=O) groups excluding carboxylic acids is 1. The van der Waals surface area contributed by atoms with E-state index in [2.05, 4.69) is 33.9 Å². The second-order valence-electron chi connectivity index (χ2n) is 6.23. The van der Waals surface area contributed by atoms with Crippen LogP contribution >= 0.6 is 0 Å². The van der Waals surface area contributed by atoms with Gasteiger partial charge in [0.05, 0.1) is 12.1 Å². The third-order valence-electron chi connectivity index (χ3n) is 4.84. The summed E-state index contributed by atoms with van der Waals surface area (Å²) in [4.78, 5) is 19.2. The van der Waals surface area contributed by atoms with Crippen molar-refractivity contribution < 1.29 is 4.79 Å². The molecular formula is C19H19N3O. The van der Waals surface area contributed by atoms with Crippen molar-refractivity contribution in [1.29, 1.82) is 0 Å². The lowest BCUT2D eigenvalue weighted by molar-refractivity contribution is -0.127. The molecule has 0 aliphatic carbocycles. The molecule has 4 heteroatoms. The van der Waals surface area contributed by atoms with E-state index in [4.69, 9.17) is 0 Å². The first-order valence-corrected chi connectivity index (χ1v) is 7.94. The summed E-state index contributed by atoms with van der Waals surface area (Å²) in [5.41, 5.74) is 3.04. The van der Waals surface area contributed by atoms with Gasteiger partial charge in [-0.3, -0.25) is 14.7 Å². The molecule has 1 amide bonds. The van der Waals surface area contributed by atoms with Crippen LogP contribution in [0.2, 0.25) is 0 Å². The Kier molecular flexibility index (Phi) is 3.46. The van der Waals surface area contributed by atoms with Crippen LogP contribution in [0.3, 0.4) is 0 Å². The van der Waals surface area contributed by atoms with Gasteiger partial charge in [0.25, 0.3) is 0 Å². The molecule has 3 heterocycles. The Morgan fingerprint density at radius 1 is 1.17 bits per heavy atom. The molecule has 4 rings (SSSR count). The van der Waals surface area contributed by atoms with Crippen LogP contribution < -0.4 is 5.32 Å². The fraction of sp³-hybridized carbons (Fsp3) is 0.263. The van der Waals surface area contributed by atoms with Crippen LogP contribution in [0, 0.1) is 0 Å². The number of amides is 1. The Morgan fingerprint density at radius 2 is 1.96 bits per heavy atom. The summed E-state index contributed by atoms with van der Waals surface area (Å²) in [6, 6.07) is 16.2. The van der Waals surface area contributed by atoms with Crippen molar-refractivity contribution in [2.75, 3.05) is 0 Å². The van der Waals surface area contributed by atoms with E-state index >= 15 is 0 Å². The Morgan fingerprint density at radius 3 is 2.70 bits per heavy atom. The number of aromatic nitrogens is 1. The van der Waals surface area contributed by atoms with Crippen LogP contribution in [0.4, 0.5) is 0 Å². The second-order valence-corrected chi connectivity index (χ2v) is 6.23. The SMILES string of the molecule is C=C1NC(=O)[C@@H]2C[C@H](c3ccccn3)[C@H]1N2Cc1ccccc1. The first-order chi connectivity index (χ1) is 11.2. The number of fused-ring (bicyclic) bond motifs is 2. The van der Waals surface area contributed by atoms with Gasteiger partial charge in [-0.05, 0) is 24.1 Å². The molecule has 116 valence electrons. The minimum Gasteiger partial charge on any atom is -0.327 e. The predicted octanol–water partition coefficient (Wildman–Crippen LogP) is 2.45. The Hall–Kier alpha value is -2.46. The average Bonchev–Trinajstić information content (AvgIpc) is 2.89. The molecule has 1 N–H and O–H groups in total. The van der Waals surface area contributed by atoms with Crippen molar-refractivity contribution in [3.63, 3.8) is 0 Å². The Bertz CT molecular complexity index is 729. The van der Waals surface area contributed by atoms with Gasteiger partial charge < -0.3 is 5.32 Å². The van der Waals surface area contributed by atoms with Gasteiger partial charge in [0.15, 0.2) is 0 Å². The van der Waals surface area contributed by atoms with Crippen LogP contribution in [-0.2, 0) is 11.3 Å². The number of nitrogens with one attached hydrogen (secondary N) is 1. The van der Waals surface area contributed by atoms with Crippen molar-refractivity contribution in [1.82, 2.24) is 15.2 Å². The normalized spacial score (nSPS) is 27.0.